The van der Waals surface area contributed by atoms with Gasteiger partial charge in [0.25, 0.3) is 0 Å². The highest BCUT2D eigenvalue weighted by Crippen LogP contribution is 2.30. The molecule has 172 valence electrons. The molecule has 0 aliphatic heterocycles. The van der Waals surface area contributed by atoms with Crippen LogP contribution >= 0.6 is 0 Å². The lowest BCUT2D eigenvalue weighted by Gasteiger charge is -2.17. The van der Waals surface area contributed by atoms with Gasteiger partial charge in [-0.05, 0) is 47.3 Å². The molecule has 10 nitrogen and oxygen atoms in total. The van der Waals surface area contributed by atoms with E-state index in [1.165, 1.54) is 7.11 Å². The average Bonchev–Trinajstić information content (AvgIpc) is 2.69. The lowest BCUT2D eigenvalue weighted by Crippen LogP contribution is -2.32. The van der Waals surface area contributed by atoms with Crippen molar-refractivity contribution < 1.29 is 56.9 Å². The lowest BCUT2D eigenvalue weighted by atomic mass is 9.80. The fourth-order valence-electron chi connectivity index (χ4n) is 2.55. The first-order valence-corrected chi connectivity index (χ1v) is 10.0. The molecule has 0 fully saturated rings. The topological polar surface area (TPSA) is 166 Å². The van der Waals surface area contributed by atoms with Crippen LogP contribution in [-0.4, -0.2) is 69.6 Å². The van der Waals surface area contributed by atoms with Gasteiger partial charge in [0.15, 0.2) is 0 Å². The summed E-state index contributed by atoms with van der Waals surface area (Å²) in [6.45, 7) is -1.05. The van der Waals surface area contributed by atoms with Crippen molar-refractivity contribution in [2.75, 3.05) is 13.7 Å². The van der Waals surface area contributed by atoms with Crippen molar-refractivity contribution in [2.24, 2.45) is 4.36 Å². The molecule has 0 aliphatic carbocycles. The molecular formula is C16H16B2F3NO9S. The Morgan fingerprint density at radius 1 is 0.969 bits per heavy atom. The average molecular weight is 477 g/mol. The molecule has 0 saturated carbocycles. The molecule has 0 aromatic heterocycles. The van der Waals surface area contributed by atoms with Crippen molar-refractivity contribution in [2.45, 2.75) is 16.2 Å². The number of aliphatic carboxylic acids is 1. The normalized spacial score (nSPS) is 13.1. The molecule has 1 atom stereocenters. The molecule has 0 bridgehead atoms. The predicted molar refractivity (Wildman–Crippen MR) is 105 cm³/mol. The SMILES string of the molecule is COc1cc(B(O)O)cc(S(=O)(=NCC(=O)O)c2cc(OC(F)(F)F)cc(B(O)O)c2)c1. The van der Waals surface area contributed by atoms with Crippen LogP contribution in [0, 0.1) is 0 Å². The number of carboxylic acid groups (broad SMARTS) is 1. The number of hydrogen-bond acceptors (Lipinski definition) is 9. The van der Waals surface area contributed by atoms with Crippen molar-refractivity contribution in [3.63, 3.8) is 0 Å². The zero-order valence-electron chi connectivity index (χ0n) is 16.2. The van der Waals surface area contributed by atoms with Gasteiger partial charge in [0.05, 0.1) is 16.9 Å². The summed E-state index contributed by atoms with van der Waals surface area (Å²) in [6, 6.07) is 5.36. The van der Waals surface area contributed by atoms with Gasteiger partial charge < -0.3 is 34.7 Å². The maximum atomic E-state index is 13.9. The molecule has 0 heterocycles. The predicted octanol–water partition coefficient (Wildman–Crippen LogP) is -1.08. The Bertz CT molecular complexity index is 1120. The van der Waals surface area contributed by atoms with E-state index in [9.17, 15) is 42.3 Å². The van der Waals surface area contributed by atoms with Crippen molar-refractivity contribution in [1.82, 2.24) is 0 Å². The van der Waals surface area contributed by atoms with Gasteiger partial charge in [-0.25, -0.2) is 8.57 Å². The van der Waals surface area contributed by atoms with Gasteiger partial charge in [-0.15, -0.1) is 13.2 Å². The van der Waals surface area contributed by atoms with Crippen LogP contribution in [0.3, 0.4) is 0 Å². The van der Waals surface area contributed by atoms with Crippen LogP contribution < -0.4 is 20.4 Å². The minimum atomic E-state index is -5.18. The number of carbonyl (C=O) groups is 1. The highest BCUT2D eigenvalue weighted by Gasteiger charge is 2.33. The summed E-state index contributed by atoms with van der Waals surface area (Å²) in [5.74, 6) is -2.54. The van der Waals surface area contributed by atoms with Crippen LogP contribution in [0.15, 0.2) is 50.6 Å². The van der Waals surface area contributed by atoms with Crippen LogP contribution in [0.4, 0.5) is 13.2 Å². The van der Waals surface area contributed by atoms with Gasteiger partial charge in [-0.2, -0.15) is 0 Å². The van der Waals surface area contributed by atoms with Gasteiger partial charge in [0.2, 0.25) is 0 Å². The highest BCUT2D eigenvalue weighted by molar-refractivity contribution is 7.93. The van der Waals surface area contributed by atoms with E-state index in [1.807, 2.05) is 0 Å². The van der Waals surface area contributed by atoms with E-state index in [0.29, 0.717) is 12.1 Å². The van der Waals surface area contributed by atoms with Crippen molar-refractivity contribution in [1.29, 1.82) is 0 Å². The second-order valence-electron chi connectivity index (χ2n) is 6.18. The summed E-state index contributed by atoms with van der Waals surface area (Å²) in [5, 5.41) is 46.8. The second kappa shape index (κ2) is 9.79. The fraction of sp³-hybridized carbons (Fsp3) is 0.188. The summed E-state index contributed by atoms with van der Waals surface area (Å²) in [5.41, 5.74) is -0.784. The number of methoxy groups -OCH3 is 1. The molecule has 16 heteroatoms. The van der Waals surface area contributed by atoms with E-state index in [4.69, 9.17) is 9.84 Å². The quantitative estimate of drug-likeness (QED) is 0.298. The number of alkyl halides is 3. The fourth-order valence-corrected chi connectivity index (χ4v) is 4.55. The molecule has 2 rings (SSSR count). The molecule has 32 heavy (non-hydrogen) atoms. The minimum Gasteiger partial charge on any atom is -0.497 e. The van der Waals surface area contributed by atoms with Crippen LogP contribution in [0.1, 0.15) is 0 Å². The molecule has 0 amide bonds. The summed E-state index contributed by atoms with van der Waals surface area (Å²) in [6.07, 6.45) is -5.18. The smallest absolute Gasteiger partial charge is 0.497 e. The lowest BCUT2D eigenvalue weighted by molar-refractivity contribution is -0.274. The number of ether oxygens (including phenoxy) is 2. The number of hydrogen-bond donors (Lipinski definition) is 5. The third-order valence-electron chi connectivity index (χ3n) is 3.89. The third kappa shape index (κ3) is 6.37. The zero-order valence-corrected chi connectivity index (χ0v) is 17.0. The van der Waals surface area contributed by atoms with Gasteiger partial charge in [-0.1, -0.05) is 0 Å². The Balaban J connectivity index is 2.87. The summed E-state index contributed by atoms with van der Waals surface area (Å²) >= 11 is 0. The number of carboxylic acids is 1. The number of nitrogens with zero attached hydrogens (tertiary/aromatic N) is 1. The van der Waals surface area contributed by atoms with E-state index in [0.717, 1.165) is 24.3 Å². The van der Waals surface area contributed by atoms with Crippen molar-refractivity contribution in [3.8, 4) is 11.5 Å². The molecule has 0 spiro atoms. The van der Waals surface area contributed by atoms with Crippen LogP contribution in [-0.2, 0) is 14.5 Å². The van der Waals surface area contributed by atoms with Crippen LogP contribution in [0.25, 0.3) is 0 Å². The Morgan fingerprint density at radius 3 is 1.84 bits per heavy atom. The van der Waals surface area contributed by atoms with Gasteiger partial charge >= 0.3 is 26.6 Å². The maximum absolute atomic E-state index is 13.9. The molecular weight excluding hydrogens is 461 g/mol. The summed E-state index contributed by atoms with van der Waals surface area (Å²) in [4.78, 5) is 10.2. The monoisotopic (exact) mass is 477 g/mol. The third-order valence-corrected chi connectivity index (χ3v) is 6.13. The Kier molecular flexibility index (Phi) is 7.79. The first kappa shape index (κ1) is 25.5. The first-order valence-electron chi connectivity index (χ1n) is 8.52. The largest absolute Gasteiger partial charge is 0.573 e. The molecule has 0 saturated heterocycles. The van der Waals surface area contributed by atoms with E-state index >= 15 is 0 Å². The van der Waals surface area contributed by atoms with Crippen molar-refractivity contribution in [3.05, 3.63) is 36.4 Å². The van der Waals surface area contributed by atoms with E-state index in [1.54, 1.807) is 0 Å². The van der Waals surface area contributed by atoms with E-state index in [2.05, 4.69) is 9.10 Å². The number of halogens is 3. The zero-order chi connectivity index (χ0) is 24.3. The van der Waals surface area contributed by atoms with Gasteiger partial charge in [-0.3, -0.25) is 4.79 Å². The summed E-state index contributed by atoms with van der Waals surface area (Å²) in [7, 11) is -7.26. The highest BCUT2D eigenvalue weighted by atomic mass is 32.2. The van der Waals surface area contributed by atoms with Gasteiger partial charge in [0, 0.05) is 0 Å². The number of benzene rings is 2. The molecule has 0 aliphatic rings. The first-order chi connectivity index (χ1) is 14.7. The maximum Gasteiger partial charge on any atom is 0.573 e. The summed E-state index contributed by atoms with van der Waals surface area (Å²) < 4.78 is 64.5. The Morgan fingerprint density at radius 2 is 1.44 bits per heavy atom. The molecule has 1 unspecified atom stereocenters. The number of rotatable bonds is 8. The molecule has 2 aromatic carbocycles. The Hall–Kier alpha value is -2.78. The van der Waals surface area contributed by atoms with Gasteiger partial charge in [0.1, 0.15) is 27.8 Å². The molecule has 2 aromatic rings. The van der Waals surface area contributed by atoms with E-state index in [-0.39, 0.29) is 16.1 Å². The van der Waals surface area contributed by atoms with Crippen LogP contribution in [0.2, 0.25) is 0 Å². The van der Waals surface area contributed by atoms with Crippen LogP contribution in [0.5, 0.6) is 11.5 Å². The second-order valence-corrected chi connectivity index (χ2v) is 8.43. The standard InChI is InChI=1S/C16H16B2F3NO9S/c1-30-11-2-9(17(25)26)4-13(6-11)32(29,22-8-15(23)24)14-5-10(18(27)28)3-12(7-14)31-16(19,20)21/h2-7,25-28H,8H2,1H3,(H,23,24). The Labute approximate surface area is 180 Å². The molecule has 0 radical (unpaired) electrons. The van der Waals surface area contributed by atoms with Crippen molar-refractivity contribution >= 4 is 40.9 Å². The minimum absolute atomic E-state index is 0.0473. The molecule has 5 N–H and O–H groups in total. The van der Waals surface area contributed by atoms with E-state index < -0.39 is 59.0 Å².